The molecule has 3 heteroatoms. The van der Waals surface area contributed by atoms with E-state index in [0.29, 0.717) is 0 Å². The molecule has 0 radical (unpaired) electrons. The van der Waals surface area contributed by atoms with E-state index < -0.39 is 0 Å². The van der Waals surface area contributed by atoms with Crippen LogP contribution in [-0.4, -0.2) is 19.6 Å². The second-order valence-electron chi connectivity index (χ2n) is 8.10. The van der Waals surface area contributed by atoms with Crippen LogP contribution in [0.15, 0.2) is 48.5 Å². The summed E-state index contributed by atoms with van der Waals surface area (Å²) < 4.78 is 12.0. The largest absolute Gasteiger partial charge is 0.491 e. The maximum Gasteiger partial charge on any atom is 0.120 e. The molecule has 140 valence electrons. The van der Waals surface area contributed by atoms with Gasteiger partial charge >= 0.3 is 0 Å². The van der Waals surface area contributed by atoms with E-state index in [0.717, 1.165) is 24.2 Å². The van der Waals surface area contributed by atoms with E-state index in [1.54, 1.807) is 0 Å². The highest BCUT2D eigenvalue weighted by Gasteiger charge is 2.24. The van der Waals surface area contributed by atoms with Crippen LogP contribution in [0, 0.1) is 0 Å². The fourth-order valence-electron chi connectivity index (χ4n) is 3.01. The van der Waals surface area contributed by atoms with Crippen molar-refractivity contribution in [2.75, 3.05) is 0 Å². The molecule has 0 aliphatic carbocycles. The molecule has 1 atom stereocenters. The first kappa shape index (κ1) is 20.4. The zero-order valence-corrected chi connectivity index (χ0v) is 17.4. The zero-order valence-electron chi connectivity index (χ0n) is 17.4. The van der Waals surface area contributed by atoms with Gasteiger partial charge in [0.15, 0.2) is 0 Å². The van der Waals surface area contributed by atoms with Gasteiger partial charge in [-0.2, -0.15) is 0 Å². The average molecular weight is 352 g/mol. The Kier molecular flexibility index (Phi) is 6.44. The summed E-state index contributed by atoms with van der Waals surface area (Å²) in [5, 5.41) is 0. The van der Waals surface area contributed by atoms with Crippen molar-refractivity contribution >= 4 is 7.85 Å². The molecule has 0 spiro atoms. The number of ether oxygens (including phenoxy) is 2. The van der Waals surface area contributed by atoms with Crippen molar-refractivity contribution in [2.45, 2.75) is 71.4 Å². The predicted molar refractivity (Wildman–Crippen MR) is 113 cm³/mol. The van der Waals surface area contributed by atoms with Gasteiger partial charge in [-0.3, -0.25) is 0 Å². The van der Waals surface area contributed by atoms with Gasteiger partial charge in [0, 0.05) is 5.41 Å². The quantitative estimate of drug-likeness (QED) is 0.592. The summed E-state index contributed by atoms with van der Waals surface area (Å²) in [5.41, 5.74) is 2.38. The van der Waals surface area contributed by atoms with Gasteiger partial charge in [0.25, 0.3) is 0 Å². The minimum Gasteiger partial charge on any atom is -0.491 e. The molecule has 2 nitrogen and oxygen atoms in total. The lowest BCUT2D eigenvalue weighted by Crippen LogP contribution is -2.30. The summed E-state index contributed by atoms with van der Waals surface area (Å²) in [6, 6.07) is 17.0. The summed E-state index contributed by atoms with van der Waals surface area (Å²) in [4.78, 5) is 0. The number of benzene rings is 2. The van der Waals surface area contributed by atoms with E-state index in [4.69, 9.17) is 9.47 Å². The van der Waals surface area contributed by atoms with E-state index in [2.05, 4.69) is 84.1 Å². The third kappa shape index (κ3) is 4.84. The number of hydrogen-bond donors (Lipinski definition) is 0. The van der Waals surface area contributed by atoms with E-state index >= 15 is 0 Å². The molecule has 0 fully saturated rings. The van der Waals surface area contributed by atoms with Gasteiger partial charge in [-0.05, 0) is 68.9 Å². The molecule has 1 unspecified atom stereocenters. The van der Waals surface area contributed by atoms with Crippen LogP contribution in [0.1, 0.15) is 59.1 Å². The van der Waals surface area contributed by atoms with Crippen LogP contribution < -0.4 is 9.47 Å². The molecule has 0 aromatic heterocycles. The van der Waals surface area contributed by atoms with Gasteiger partial charge in [-0.1, -0.05) is 45.0 Å². The third-order valence-electron chi connectivity index (χ3n) is 5.38. The maximum absolute atomic E-state index is 6.21. The lowest BCUT2D eigenvalue weighted by molar-refractivity contribution is 0.106. The Morgan fingerprint density at radius 2 is 1.31 bits per heavy atom. The van der Waals surface area contributed by atoms with Crippen molar-refractivity contribution < 1.29 is 9.47 Å². The molecule has 26 heavy (non-hydrogen) atoms. The molecule has 0 saturated carbocycles. The first-order chi connectivity index (χ1) is 12.2. The smallest absolute Gasteiger partial charge is 0.120 e. The molecule has 0 aliphatic heterocycles. The van der Waals surface area contributed by atoms with Gasteiger partial charge < -0.3 is 9.47 Å². The van der Waals surface area contributed by atoms with Crippen LogP contribution >= 0.6 is 0 Å². The standard InChI is InChI=1S/C23H33BO2/c1-7-23(6,16-24)26-21-14-10-19(11-15-21)22(4,5)18-8-12-20(13-9-18)25-17(2)3/h8-15,17H,7,16,24H2,1-6H3. The van der Waals surface area contributed by atoms with Crippen molar-refractivity contribution in [3.8, 4) is 11.5 Å². The lowest BCUT2D eigenvalue weighted by atomic mass is 9.78. The topological polar surface area (TPSA) is 18.5 Å². The van der Waals surface area contributed by atoms with Crippen LogP contribution in [0.25, 0.3) is 0 Å². The minimum absolute atomic E-state index is 0.0757. The molecule has 2 aromatic carbocycles. The van der Waals surface area contributed by atoms with Gasteiger partial charge in [0.2, 0.25) is 0 Å². The van der Waals surface area contributed by atoms with Gasteiger partial charge in [-0.25, -0.2) is 0 Å². The van der Waals surface area contributed by atoms with Crippen LogP contribution in [0.3, 0.4) is 0 Å². The molecular formula is C23H33BO2. The second-order valence-corrected chi connectivity index (χ2v) is 8.10. The second kappa shape index (κ2) is 8.20. The van der Waals surface area contributed by atoms with Gasteiger partial charge in [0.1, 0.15) is 19.3 Å². The van der Waals surface area contributed by atoms with E-state index in [1.165, 1.54) is 11.1 Å². The van der Waals surface area contributed by atoms with Crippen molar-refractivity contribution in [1.82, 2.24) is 0 Å². The van der Waals surface area contributed by atoms with E-state index in [-0.39, 0.29) is 17.1 Å². The third-order valence-corrected chi connectivity index (χ3v) is 5.38. The lowest BCUT2D eigenvalue weighted by Gasteiger charge is -2.30. The van der Waals surface area contributed by atoms with Crippen molar-refractivity contribution in [2.24, 2.45) is 0 Å². The molecule has 0 saturated heterocycles. The molecule has 0 heterocycles. The Balaban J connectivity index is 2.18. The Labute approximate surface area is 160 Å². The fourth-order valence-corrected chi connectivity index (χ4v) is 3.01. The average Bonchev–Trinajstić information content (AvgIpc) is 2.62. The van der Waals surface area contributed by atoms with Crippen LogP contribution in [0.5, 0.6) is 11.5 Å². The van der Waals surface area contributed by atoms with Gasteiger partial charge in [0.05, 0.1) is 11.7 Å². The first-order valence-corrected chi connectivity index (χ1v) is 9.77. The molecule has 2 aromatic rings. The normalized spacial score (nSPS) is 14.1. The molecule has 0 amide bonds. The summed E-state index contributed by atoms with van der Waals surface area (Å²) in [5.74, 6) is 1.86. The molecule has 2 rings (SSSR count). The predicted octanol–water partition coefficient (Wildman–Crippen LogP) is 5.40. The number of hydrogen-bond acceptors (Lipinski definition) is 2. The number of rotatable bonds is 8. The van der Waals surface area contributed by atoms with Crippen LogP contribution in [0.4, 0.5) is 0 Å². The molecular weight excluding hydrogens is 319 g/mol. The molecule has 0 aliphatic rings. The monoisotopic (exact) mass is 352 g/mol. The van der Waals surface area contributed by atoms with Crippen molar-refractivity contribution in [3.05, 3.63) is 59.7 Å². The summed E-state index contributed by atoms with van der Waals surface area (Å²) in [7, 11) is 2.17. The van der Waals surface area contributed by atoms with Crippen LogP contribution in [0.2, 0.25) is 6.32 Å². The highest BCUT2D eigenvalue weighted by Crippen LogP contribution is 2.34. The summed E-state index contributed by atoms with van der Waals surface area (Å²) >= 11 is 0. The van der Waals surface area contributed by atoms with Crippen molar-refractivity contribution in [3.63, 3.8) is 0 Å². The molecule has 0 N–H and O–H groups in total. The van der Waals surface area contributed by atoms with Crippen LogP contribution in [-0.2, 0) is 5.41 Å². The fraction of sp³-hybridized carbons (Fsp3) is 0.478. The SMILES string of the molecule is BCC(C)(CC)Oc1ccc(C(C)(C)c2ccc(OC(C)C)cc2)cc1. The first-order valence-electron chi connectivity index (χ1n) is 9.77. The van der Waals surface area contributed by atoms with Gasteiger partial charge in [-0.15, -0.1) is 0 Å². The van der Waals surface area contributed by atoms with E-state index in [1.807, 2.05) is 13.8 Å². The molecule has 0 bridgehead atoms. The van der Waals surface area contributed by atoms with Crippen molar-refractivity contribution in [1.29, 1.82) is 0 Å². The minimum atomic E-state index is -0.0940. The maximum atomic E-state index is 6.21. The Morgan fingerprint density at radius 1 is 0.846 bits per heavy atom. The highest BCUT2D eigenvalue weighted by molar-refractivity contribution is 6.09. The zero-order chi connectivity index (χ0) is 19.4. The Hall–Kier alpha value is -1.90. The summed E-state index contributed by atoms with van der Waals surface area (Å²) in [6.07, 6.45) is 2.20. The summed E-state index contributed by atoms with van der Waals surface area (Å²) in [6.45, 7) is 12.9. The highest BCUT2D eigenvalue weighted by atomic mass is 16.5. The Bertz CT molecular complexity index is 683. The van der Waals surface area contributed by atoms with E-state index in [9.17, 15) is 0 Å². The Morgan fingerprint density at radius 3 is 1.69 bits per heavy atom.